The molecule has 3 aromatic rings. The summed E-state index contributed by atoms with van der Waals surface area (Å²) >= 11 is 0. The van der Waals surface area contributed by atoms with Crippen molar-refractivity contribution in [3.8, 4) is 5.75 Å². The summed E-state index contributed by atoms with van der Waals surface area (Å²) in [6.45, 7) is 2.31. The topological polar surface area (TPSA) is 63.6 Å². The first-order valence-corrected chi connectivity index (χ1v) is 13.2. The highest BCUT2D eigenvalue weighted by atomic mass is 32.2. The normalized spacial score (nSPS) is 22.2. The average molecular weight is 461 g/mol. The number of aromatic hydroxyl groups is 1. The highest BCUT2D eigenvalue weighted by molar-refractivity contribution is 7.92. The molecule has 0 amide bonds. The maximum Gasteiger partial charge on any atom is 0.163 e. The van der Waals surface area contributed by atoms with Crippen LogP contribution in [0.4, 0.5) is 0 Å². The summed E-state index contributed by atoms with van der Waals surface area (Å²) in [4.78, 5) is 0. The van der Waals surface area contributed by atoms with Crippen molar-refractivity contribution in [3.05, 3.63) is 89.0 Å². The Morgan fingerprint density at radius 2 is 1.76 bits per heavy atom. The molecular weight excluding hydrogens is 432 g/mol. The monoisotopic (exact) mass is 460 g/mol. The number of ether oxygens (including phenoxy) is 1. The largest absolute Gasteiger partial charge is 0.507 e. The van der Waals surface area contributed by atoms with Crippen LogP contribution in [0, 0.1) is 0 Å². The van der Waals surface area contributed by atoms with Crippen molar-refractivity contribution in [3.63, 3.8) is 0 Å². The van der Waals surface area contributed by atoms with Gasteiger partial charge in [-0.3, -0.25) is 0 Å². The Morgan fingerprint density at radius 1 is 1.03 bits per heavy atom. The summed E-state index contributed by atoms with van der Waals surface area (Å²) in [5, 5.41) is 11.7. The highest BCUT2D eigenvalue weighted by Crippen LogP contribution is 2.40. The van der Waals surface area contributed by atoms with Crippen LogP contribution in [-0.2, 0) is 14.6 Å². The van der Waals surface area contributed by atoms with E-state index < -0.39 is 15.1 Å². The van der Waals surface area contributed by atoms with Crippen molar-refractivity contribution in [2.45, 2.75) is 37.5 Å². The molecule has 3 aromatic carbocycles. The van der Waals surface area contributed by atoms with Crippen LogP contribution in [0.15, 0.2) is 77.9 Å². The van der Waals surface area contributed by atoms with Gasteiger partial charge in [0.2, 0.25) is 0 Å². The lowest BCUT2D eigenvalue weighted by molar-refractivity contribution is 0.118. The SMILES string of the molecule is CCC1=C2[C@@H](CC/C(=C/c3ccc(O)c4ccccc34)c3ccccc3)OC[C@@H]2S(=O)(=O)C1. The summed E-state index contributed by atoms with van der Waals surface area (Å²) in [5.74, 6) is 0.459. The number of fused-ring (bicyclic) bond motifs is 2. The predicted octanol–water partition coefficient (Wildman–Crippen LogP) is 5.77. The van der Waals surface area contributed by atoms with Crippen LogP contribution in [0.1, 0.15) is 37.3 Å². The molecule has 2 aliphatic heterocycles. The Labute approximate surface area is 195 Å². The zero-order valence-corrected chi connectivity index (χ0v) is 19.5. The number of sulfone groups is 1. The van der Waals surface area contributed by atoms with E-state index in [0.29, 0.717) is 0 Å². The second-order valence-electron chi connectivity index (χ2n) is 8.82. The van der Waals surface area contributed by atoms with Gasteiger partial charge < -0.3 is 9.84 Å². The third-order valence-electron chi connectivity index (χ3n) is 6.87. The van der Waals surface area contributed by atoms with Gasteiger partial charge in [-0.05, 0) is 53.0 Å². The molecule has 0 unspecified atom stereocenters. The average Bonchev–Trinajstić information content (AvgIpc) is 3.38. The molecule has 2 aliphatic rings. The lowest BCUT2D eigenvalue weighted by Crippen LogP contribution is -2.19. The zero-order chi connectivity index (χ0) is 23.0. The molecular formula is C28H28O4S. The van der Waals surface area contributed by atoms with Crippen molar-refractivity contribution in [1.82, 2.24) is 0 Å². The Morgan fingerprint density at radius 3 is 2.52 bits per heavy atom. The molecule has 1 saturated heterocycles. The van der Waals surface area contributed by atoms with Crippen LogP contribution >= 0.6 is 0 Å². The number of phenolic OH excluding ortho intramolecular Hbond substituents is 1. The summed E-state index contributed by atoms with van der Waals surface area (Å²) in [5.41, 5.74) is 5.40. The standard InChI is InChI=1S/C28H28O4S/c1-2-19-18-33(30,31)27-17-32-26(28(19)27)15-13-21(20-8-4-3-5-9-20)16-22-12-14-25(29)24-11-7-6-10-23(22)24/h3-12,14,16,26-27,29H,2,13,15,17-18H2,1H3/b21-16-/t26-,27+/m1/s1. The second kappa shape index (κ2) is 8.81. The van der Waals surface area contributed by atoms with Crippen LogP contribution in [0.5, 0.6) is 5.75 Å². The molecule has 2 heterocycles. The minimum absolute atomic E-state index is 0.147. The quantitative estimate of drug-likeness (QED) is 0.375. The molecule has 0 aromatic heterocycles. The lowest BCUT2D eigenvalue weighted by atomic mass is 9.92. The molecule has 0 saturated carbocycles. The molecule has 0 spiro atoms. The molecule has 5 heteroatoms. The van der Waals surface area contributed by atoms with Gasteiger partial charge in [0.1, 0.15) is 11.0 Å². The van der Waals surface area contributed by atoms with Crippen LogP contribution in [0.25, 0.3) is 22.4 Å². The van der Waals surface area contributed by atoms with Gasteiger partial charge >= 0.3 is 0 Å². The van der Waals surface area contributed by atoms with Gasteiger partial charge in [0, 0.05) is 5.39 Å². The maximum atomic E-state index is 12.6. The van der Waals surface area contributed by atoms with Crippen LogP contribution < -0.4 is 0 Å². The number of hydrogen-bond acceptors (Lipinski definition) is 4. The fourth-order valence-corrected chi connectivity index (χ4v) is 7.22. The minimum atomic E-state index is -3.12. The van der Waals surface area contributed by atoms with Crippen molar-refractivity contribution < 1.29 is 18.3 Å². The number of allylic oxidation sites excluding steroid dienone is 1. The fraction of sp³-hybridized carbons (Fsp3) is 0.286. The summed E-state index contributed by atoms with van der Waals surface area (Å²) in [6, 6.07) is 21.8. The minimum Gasteiger partial charge on any atom is -0.507 e. The van der Waals surface area contributed by atoms with E-state index >= 15 is 0 Å². The van der Waals surface area contributed by atoms with E-state index in [1.165, 1.54) is 0 Å². The first kappa shape index (κ1) is 21.9. The predicted molar refractivity (Wildman–Crippen MR) is 134 cm³/mol. The van der Waals surface area contributed by atoms with Gasteiger partial charge in [-0.1, -0.05) is 79.2 Å². The van der Waals surface area contributed by atoms with Crippen molar-refractivity contribution >= 4 is 32.3 Å². The van der Waals surface area contributed by atoms with E-state index in [-0.39, 0.29) is 24.2 Å². The van der Waals surface area contributed by atoms with Gasteiger partial charge in [0.05, 0.1) is 18.5 Å². The van der Waals surface area contributed by atoms with E-state index in [4.69, 9.17) is 4.74 Å². The van der Waals surface area contributed by atoms with Crippen LogP contribution in [-0.4, -0.2) is 37.2 Å². The molecule has 0 bridgehead atoms. The van der Waals surface area contributed by atoms with Gasteiger partial charge in [-0.25, -0.2) is 8.42 Å². The molecule has 2 atom stereocenters. The van der Waals surface area contributed by atoms with E-state index in [0.717, 1.165) is 57.9 Å². The maximum absolute atomic E-state index is 12.6. The smallest absolute Gasteiger partial charge is 0.163 e. The third-order valence-corrected chi connectivity index (χ3v) is 8.88. The second-order valence-corrected chi connectivity index (χ2v) is 11.0. The molecule has 4 nitrogen and oxygen atoms in total. The fourth-order valence-electron chi connectivity index (χ4n) is 5.17. The lowest BCUT2D eigenvalue weighted by Gasteiger charge is -2.16. The summed E-state index contributed by atoms with van der Waals surface area (Å²) in [6.07, 6.45) is 4.29. The zero-order valence-electron chi connectivity index (χ0n) is 18.7. The number of hydrogen-bond donors (Lipinski definition) is 1. The van der Waals surface area contributed by atoms with Gasteiger partial charge in [-0.2, -0.15) is 0 Å². The molecule has 5 rings (SSSR count). The van der Waals surface area contributed by atoms with Gasteiger partial charge in [-0.15, -0.1) is 0 Å². The van der Waals surface area contributed by atoms with E-state index in [1.54, 1.807) is 6.07 Å². The third kappa shape index (κ3) is 4.11. The highest BCUT2D eigenvalue weighted by Gasteiger charge is 2.46. The van der Waals surface area contributed by atoms with E-state index in [1.807, 2.05) is 55.5 Å². The number of rotatable bonds is 6. The Bertz CT molecular complexity index is 1350. The van der Waals surface area contributed by atoms with Crippen LogP contribution in [0.3, 0.4) is 0 Å². The van der Waals surface area contributed by atoms with Crippen LogP contribution in [0.2, 0.25) is 0 Å². The Kier molecular flexibility index (Phi) is 5.85. The molecule has 33 heavy (non-hydrogen) atoms. The van der Waals surface area contributed by atoms with Crippen molar-refractivity contribution in [2.75, 3.05) is 12.4 Å². The number of benzene rings is 3. The molecule has 0 radical (unpaired) electrons. The number of phenols is 1. The molecule has 1 N–H and O–H groups in total. The van der Waals surface area contributed by atoms with Gasteiger partial charge in [0.15, 0.2) is 9.84 Å². The summed E-state index contributed by atoms with van der Waals surface area (Å²) < 4.78 is 31.1. The molecule has 1 fully saturated rings. The van der Waals surface area contributed by atoms with Gasteiger partial charge in [0.25, 0.3) is 0 Å². The molecule has 0 aliphatic carbocycles. The Balaban J connectivity index is 1.49. The first-order chi connectivity index (χ1) is 16.0. The Hall–Kier alpha value is -2.89. The van der Waals surface area contributed by atoms with E-state index in [2.05, 4.69) is 18.2 Å². The van der Waals surface area contributed by atoms with Crippen molar-refractivity contribution in [2.24, 2.45) is 0 Å². The molecule has 170 valence electrons. The van der Waals surface area contributed by atoms with E-state index in [9.17, 15) is 13.5 Å². The first-order valence-electron chi connectivity index (χ1n) is 11.5. The van der Waals surface area contributed by atoms with Crippen molar-refractivity contribution in [1.29, 1.82) is 0 Å². The summed E-state index contributed by atoms with van der Waals surface area (Å²) in [7, 11) is -3.12.